The molecular weight excluding hydrogens is 468 g/mol. The van der Waals surface area contributed by atoms with Gasteiger partial charge in [0.2, 0.25) is 11.8 Å². The molecule has 0 bridgehead atoms. The molecular formula is C31H35ClN2O2. The highest BCUT2D eigenvalue weighted by atomic mass is 35.5. The van der Waals surface area contributed by atoms with Gasteiger partial charge < -0.3 is 10.2 Å². The van der Waals surface area contributed by atoms with Crippen LogP contribution in [0.3, 0.4) is 0 Å². The van der Waals surface area contributed by atoms with Crippen LogP contribution in [0.4, 0.5) is 0 Å². The Morgan fingerprint density at radius 3 is 2.17 bits per heavy atom. The summed E-state index contributed by atoms with van der Waals surface area (Å²) in [5.41, 5.74) is 4.08. The Kier molecular flexibility index (Phi) is 9.18. The van der Waals surface area contributed by atoms with Crippen molar-refractivity contribution in [1.29, 1.82) is 0 Å². The monoisotopic (exact) mass is 502 g/mol. The van der Waals surface area contributed by atoms with Gasteiger partial charge in [-0.15, -0.1) is 0 Å². The number of aryl methyl sites for hydroxylation is 1. The molecule has 36 heavy (non-hydrogen) atoms. The Morgan fingerprint density at radius 1 is 0.861 bits per heavy atom. The van der Waals surface area contributed by atoms with E-state index in [9.17, 15) is 9.59 Å². The second-order valence-corrected chi connectivity index (χ2v) is 10.3. The van der Waals surface area contributed by atoms with Crippen LogP contribution in [-0.4, -0.2) is 28.8 Å². The first-order chi connectivity index (χ1) is 17.5. The molecule has 5 heteroatoms. The van der Waals surface area contributed by atoms with E-state index < -0.39 is 6.04 Å². The molecule has 1 saturated carbocycles. The van der Waals surface area contributed by atoms with Crippen LogP contribution in [0.15, 0.2) is 78.9 Å². The molecule has 0 saturated heterocycles. The highest BCUT2D eigenvalue weighted by Crippen LogP contribution is 2.21. The van der Waals surface area contributed by atoms with Crippen LogP contribution in [0.1, 0.15) is 54.4 Å². The van der Waals surface area contributed by atoms with Gasteiger partial charge in [-0.25, -0.2) is 0 Å². The van der Waals surface area contributed by atoms with Crippen molar-refractivity contribution >= 4 is 23.4 Å². The number of rotatable bonds is 9. The average Bonchev–Trinajstić information content (AvgIpc) is 2.89. The average molecular weight is 503 g/mol. The van der Waals surface area contributed by atoms with E-state index in [2.05, 4.69) is 5.32 Å². The molecule has 4 nitrogen and oxygen atoms in total. The Hall–Kier alpha value is -3.11. The molecule has 3 aromatic rings. The first-order valence-electron chi connectivity index (χ1n) is 12.9. The topological polar surface area (TPSA) is 49.4 Å². The zero-order chi connectivity index (χ0) is 25.3. The molecule has 188 valence electrons. The van der Waals surface area contributed by atoms with Gasteiger partial charge in [0.1, 0.15) is 6.04 Å². The maximum absolute atomic E-state index is 13.8. The quantitative estimate of drug-likeness (QED) is 0.374. The lowest BCUT2D eigenvalue weighted by atomic mass is 9.94. The fraction of sp³-hybridized carbons (Fsp3) is 0.355. The highest BCUT2D eigenvalue weighted by Gasteiger charge is 2.31. The Labute approximate surface area is 219 Å². The van der Waals surface area contributed by atoms with Gasteiger partial charge in [-0.2, -0.15) is 0 Å². The molecule has 0 spiro atoms. The van der Waals surface area contributed by atoms with Crippen molar-refractivity contribution in [3.05, 3.63) is 106 Å². The Balaban J connectivity index is 1.64. The van der Waals surface area contributed by atoms with Crippen LogP contribution >= 0.6 is 11.6 Å². The SMILES string of the molecule is Cc1ccc(CN(C(=O)Cc2ccc(Cl)cc2)[C@H](Cc2ccccc2)C(=O)NC2CCCCC2)cc1. The van der Waals surface area contributed by atoms with Gasteiger partial charge in [0.05, 0.1) is 6.42 Å². The molecule has 0 heterocycles. The summed E-state index contributed by atoms with van der Waals surface area (Å²) >= 11 is 6.06. The van der Waals surface area contributed by atoms with Crippen LogP contribution in [-0.2, 0) is 29.0 Å². The molecule has 1 aliphatic rings. The summed E-state index contributed by atoms with van der Waals surface area (Å²) in [7, 11) is 0. The van der Waals surface area contributed by atoms with Crippen molar-refractivity contribution in [3.63, 3.8) is 0 Å². The zero-order valence-corrected chi connectivity index (χ0v) is 21.7. The second kappa shape index (κ2) is 12.7. The first-order valence-corrected chi connectivity index (χ1v) is 13.3. The van der Waals surface area contributed by atoms with Crippen molar-refractivity contribution in [3.8, 4) is 0 Å². The van der Waals surface area contributed by atoms with Crippen molar-refractivity contribution in [1.82, 2.24) is 10.2 Å². The highest BCUT2D eigenvalue weighted by molar-refractivity contribution is 6.30. The minimum absolute atomic E-state index is 0.0673. The lowest BCUT2D eigenvalue weighted by molar-refractivity contribution is -0.141. The van der Waals surface area contributed by atoms with Crippen LogP contribution in [0.25, 0.3) is 0 Å². The van der Waals surface area contributed by atoms with Crippen LogP contribution < -0.4 is 5.32 Å². The molecule has 0 radical (unpaired) electrons. The summed E-state index contributed by atoms with van der Waals surface area (Å²) in [6.07, 6.45) is 6.18. The molecule has 1 N–H and O–H groups in total. The largest absolute Gasteiger partial charge is 0.352 e. The molecule has 0 unspecified atom stereocenters. The fourth-order valence-electron chi connectivity index (χ4n) is 4.87. The lowest BCUT2D eigenvalue weighted by Crippen LogP contribution is -2.53. The van der Waals surface area contributed by atoms with Crippen LogP contribution in [0, 0.1) is 6.92 Å². The summed E-state index contributed by atoms with van der Waals surface area (Å²) in [5, 5.41) is 3.93. The molecule has 1 fully saturated rings. The maximum Gasteiger partial charge on any atom is 0.243 e. The normalized spacial score (nSPS) is 14.7. The van der Waals surface area contributed by atoms with Gasteiger partial charge in [0.25, 0.3) is 0 Å². The predicted octanol–water partition coefficient (Wildman–Crippen LogP) is 6.28. The van der Waals surface area contributed by atoms with E-state index in [1.807, 2.05) is 73.7 Å². The van der Waals surface area contributed by atoms with Gasteiger partial charge in [-0.05, 0) is 48.6 Å². The third-order valence-electron chi connectivity index (χ3n) is 6.96. The van der Waals surface area contributed by atoms with Crippen molar-refractivity contribution in [2.24, 2.45) is 0 Å². The summed E-state index contributed by atoms with van der Waals surface area (Å²) in [6, 6.07) is 25.1. The second-order valence-electron chi connectivity index (χ2n) is 9.86. The zero-order valence-electron chi connectivity index (χ0n) is 21.0. The van der Waals surface area contributed by atoms with Gasteiger partial charge >= 0.3 is 0 Å². The van der Waals surface area contributed by atoms with E-state index in [1.54, 1.807) is 17.0 Å². The molecule has 2 amide bonds. The van der Waals surface area contributed by atoms with Crippen LogP contribution in [0.5, 0.6) is 0 Å². The van der Waals surface area contributed by atoms with E-state index in [0.717, 1.165) is 47.9 Å². The number of halogens is 1. The van der Waals surface area contributed by atoms with Gasteiger partial charge in [-0.3, -0.25) is 9.59 Å². The van der Waals surface area contributed by atoms with E-state index in [0.29, 0.717) is 18.0 Å². The molecule has 1 atom stereocenters. The van der Waals surface area contributed by atoms with Crippen molar-refractivity contribution in [2.45, 2.75) is 70.5 Å². The number of amides is 2. The van der Waals surface area contributed by atoms with Gasteiger partial charge in [-0.1, -0.05) is 103 Å². The lowest BCUT2D eigenvalue weighted by Gasteiger charge is -2.33. The standard InChI is InChI=1S/C31H35ClN2O2/c1-23-12-14-26(15-13-23)22-34(30(35)21-25-16-18-27(32)19-17-25)29(20-24-8-4-2-5-9-24)31(36)33-28-10-6-3-7-11-28/h2,4-5,8-9,12-19,28-29H,3,6-7,10-11,20-22H2,1H3,(H,33,36)/t29-/m1/s1. The van der Waals surface area contributed by atoms with E-state index in [4.69, 9.17) is 11.6 Å². The summed E-state index contributed by atoms with van der Waals surface area (Å²) in [5.74, 6) is -0.139. The number of carbonyl (C=O) groups is 2. The number of nitrogens with one attached hydrogen (secondary N) is 1. The number of hydrogen-bond donors (Lipinski definition) is 1. The minimum Gasteiger partial charge on any atom is -0.352 e. The van der Waals surface area contributed by atoms with E-state index in [1.165, 1.54) is 6.42 Å². The number of carbonyl (C=O) groups excluding carboxylic acids is 2. The third kappa shape index (κ3) is 7.44. The predicted molar refractivity (Wildman–Crippen MR) is 146 cm³/mol. The van der Waals surface area contributed by atoms with Crippen molar-refractivity contribution < 1.29 is 9.59 Å². The van der Waals surface area contributed by atoms with Gasteiger partial charge in [0.15, 0.2) is 0 Å². The van der Waals surface area contributed by atoms with E-state index >= 15 is 0 Å². The van der Waals surface area contributed by atoms with E-state index in [-0.39, 0.29) is 24.3 Å². The number of hydrogen-bond acceptors (Lipinski definition) is 2. The smallest absolute Gasteiger partial charge is 0.243 e. The molecule has 0 aliphatic heterocycles. The maximum atomic E-state index is 13.8. The summed E-state index contributed by atoms with van der Waals surface area (Å²) in [6.45, 7) is 2.42. The first kappa shape index (κ1) is 26.0. The molecule has 1 aliphatic carbocycles. The Morgan fingerprint density at radius 2 is 1.50 bits per heavy atom. The molecule has 0 aromatic heterocycles. The summed E-state index contributed by atoms with van der Waals surface area (Å²) in [4.78, 5) is 29.4. The number of nitrogens with zero attached hydrogens (tertiary/aromatic N) is 1. The summed E-state index contributed by atoms with van der Waals surface area (Å²) < 4.78 is 0. The minimum atomic E-state index is -0.601. The fourth-order valence-corrected chi connectivity index (χ4v) is 4.99. The van der Waals surface area contributed by atoms with Crippen LogP contribution in [0.2, 0.25) is 5.02 Å². The third-order valence-corrected chi connectivity index (χ3v) is 7.22. The Bertz CT molecular complexity index is 1120. The van der Waals surface area contributed by atoms with Gasteiger partial charge in [0, 0.05) is 24.0 Å². The number of benzene rings is 3. The molecule has 4 rings (SSSR count). The van der Waals surface area contributed by atoms with Crippen molar-refractivity contribution in [2.75, 3.05) is 0 Å². The molecule has 3 aromatic carbocycles.